The first-order valence-corrected chi connectivity index (χ1v) is 13.1. The molecule has 0 saturated carbocycles. The second kappa shape index (κ2) is 11.7. The maximum absolute atomic E-state index is 12.9. The molecule has 1 fully saturated rings. The van der Waals surface area contributed by atoms with Gasteiger partial charge in [0.1, 0.15) is 5.75 Å². The molecule has 208 valence electrons. The van der Waals surface area contributed by atoms with Crippen LogP contribution >= 0.6 is 11.6 Å². The molecule has 0 radical (unpaired) electrons. The maximum Gasteiger partial charge on any atom is 0.437 e. The van der Waals surface area contributed by atoms with Gasteiger partial charge in [-0.25, -0.2) is 9.59 Å². The molecule has 40 heavy (non-hydrogen) atoms. The minimum Gasteiger partial charge on any atom is -0.423 e. The number of benzene rings is 3. The average Bonchev–Trinajstić information content (AvgIpc) is 3.30. The van der Waals surface area contributed by atoms with E-state index < -0.39 is 23.5 Å². The van der Waals surface area contributed by atoms with Crippen molar-refractivity contribution in [3.05, 3.63) is 105 Å². The Balaban J connectivity index is 1.30. The van der Waals surface area contributed by atoms with E-state index in [9.17, 15) is 22.8 Å². The number of alkyl halides is 3. The summed E-state index contributed by atoms with van der Waals surface area (Å²) in [6.45, 7) is 2.83. The molecular weight excluding hydrogens is 547 g/mol. The third-order valence-electron chi connectivity index (χ3n) is 6.66. The van der Waals surface area contributed by atoms with Crippen LogP contribution in [0.15, 0.2) is 75.9 Å². The molecule has 1 aliphatic heterocycles. The molecule has 5 rings (SSSR count). The summed E-state index contributed by atoms with van der Waals surface area (Å²) in [6.07, 6.45) is -0.830. The van der Waals surface area contributed by atoms with Crippen LogP contribution < -0.4 is 10.5 Å². The second-order valence-corrected chi connectivity index (χ2v) is 10.0. The Bertz CT molecular complexity index is 1540. The number of halogens is 4. The van der Waals surface area contributed by atoms with E-state index in [1.165, 1.54) is 43.5 Å². The van der Waals surface area contributed by atoms with Crippen LogP contribution in [0, 0.1) is 0 Å². The molecule has 11 heteroatoms. The zero-order chi connectivity index (χ0) is 28.3. The van der Waals surface area contributed by atoms with Crippen molar-refractivity contribution >= 4 is 17.6 Å². The summed E-state index contributed by atoms with van der Waals surface area (Å²) in [5, 5.41) is 4.45. The van der Waals surface area contributed by atoms with Crippen molar-refractivity contribution in [3.8, 4) is 17.2 Å². The summed E-state index contributed by atoms with van der Waals surface area (Å²) in [4.78, 5) is 27.8. The number of hydrogen-bond acceptors (Lipinski definition) is 6. The van der Waals surface area contributed by atoms with Gasteiger partial charge in [0.15, 0.2) is 0 Å². The molecule has 0 bridgehead atoms. The Kier molecular flexibility index (Phi) is 8.09. The topological polar surface area (TPSA) is 77.6 Å². The molecule has 3 aromatic carbocycles. The van der Waals surface area contributed by atoms with Crippen LogP contribution in [0.5, 0.6) is 5.75 Å². The van der Waals surface area contributed by atoms with E-state index in [0.29, 0.717) is 16.1 Å². The number of nitrogens with zero attached hydrogens (tertiary/aromatic N) is 3. The molecule has 0 N–H and O–H groups in total. The van der Waals surface area contributed by atoms with Crippen molar-refractivity contribution in [2.45, 2.75) is 38.5 Å². The summed E-state index contributed by atoms with van der Waals surface area (Å²) >= 11 is 6.16. The first-order chi connectivity index (χ1) is 19.2. The van der Waals surface area contributed by atoms with E-state index in [2.05, 4.69) is 10.00 Å². The number of rotatable bonds is 7. The highest BCUT2D eigenvalue weighted by molar-refractivity contribution is 6.30. The summed E-state index contributed by atoms with van der Waals surface area (Å²) in [5.74, 6) is -1.39. The third-order valence-corrected chi connectivity index (χ3v) is 6.89. The fourth-order valence-corrected chi connectivity index (χ4v) is 4.73. The summed E-state index contributed by atoms with van der Waals surface area (Å²) in [6, 6.07) is 15.9. The monoisotopic (exact) mass is 571 g/mol. The van der Waals surface area contributed by atoms with E-state index in [-0.39, 0.29) is 23.7 Å². The SMILES string of the molecule is O=C(Oc1ccc(Cl)cc1Cn1nc(-c2ccc(C(F)(F)F)cc2)oc1=O)c1ccc(CN2CCCCC2)cc1. The number of carbonyl (C=O) groups excluding carboxylic acids is 1. The Morgan fingerprint density at radius 1 is 0.950 bits per heavy atom. The van der Waals surface area contributed by atoms with Crippen LogP contribution in [0.1, 0.15) is 46.3 Å². The highest BCUT2D eigenvalue weighted by Crippen LogP contribution is 2.31. The predicted molar refractivity (Wildman–Crippen MR) is 142 cm³/mol. The van der Waals surface area contributed by atoms with Gasteiger partial charge in [-0.15, -0.1) is 5.10 Å². The summed E-state index contributed by atoms with van der Waals surface area (Å²) in [7, 11) is 0. The van der Waals surface area contributed by atoms with E-state index in [1.807, 2.05) is 12.1 Å². The molecule has 1 aliphatic rings. The number of aromatic nitrogens is 2. The summed E-state index contributed by atoms with van der Waals surface area (Å²) < 4.78 is 50.4. The molecule has 0 unspecified atom stereocenters. The Morgan fingerprint density at radius 2 is 1.65 bits per heavy atom. The van der Waals surface area contributed by atoms with Crippen LogP contribution in [0.4, 0.5) is 13.2 Å². The molecule has 4 aromatic rings. The van der Waals surface area contributed by atoms with Crippen molar-refractivity contribution in [1.82, 2.24) is 14.7 Å². The lowest BCUT2D eigenvalue weighted by Gasteiger charge is -2.26. The van der Waals surface area contributed by atoms with Crippen LogP contribution in [0.25, 0.3) is 11.5 Å². The molecule has 2 heterocycles. The van der Waals surface area contributed by atoms with Crippen molar-refractivity contribution in [2.24, 2.45) is 0 Å². The van der Waals surface area contributed by atoms with Crippen LogP contribution in [0.3, 0.4) is 0 Å². The lowest BCUT2D eigenvalue weighted by molar-refractivity contribution is -0.137. The zero-order valence-electron chi connectivity index (χ0n) is 21.3. The van der Waals surface area contributed by atoms with Crippen LogP contribution in [-0.4, -0.2) is 33.7 Å². The third kappa shape index (κ3) is 6.63. The van der Waals surface area contributed by atoms with Gasteiger partial charge in [-0.1, -0.05) is 30.2 Å². The van der Waals surface area contributed by atoms with Gasteiger partial charge in [0.25, 0.3) is 0 Å². The predicted octanol–water partition coefficient (Wildman–Crippen LogP) is 6.43. The van der Waals surface area contributed by atoms with Gasteiger partial charge < -0.3 is 9.15 Å². The van der Waals surface area contributed by atoms with Crippen molar-refractivity contribution in [1.29, 1.82) is 0 Å². The van der Waals surface area contributed by atoms with Gasteiger partial charge in [-0.2, -0.15) is 17.9 Å². The first kappa shape index (κ1) is 27.7. The van der Waals surface area contributed by atoms with Crippen molar-refractivity contribution in [3.63, 3.8) is 0 Å². The number of piperidine rings is 1. The second-order valence-electron chi connectivity index (χ2n) is 9.58. The molecule has 0 amide bonds. The fraction of sp³-hybridized carbons (Fsp3) is 0.276. The van der Waals surface area contributed by atoms with Crippen LogP contribution in [-0.2, 0) is 19.3 Å². The number of likely N-dealkylation sites (tertiary alicyclic amines) is 1. The Hall–Kier alpha value is -3.89. The molecule has 1 saturated heterocycles. The molecule has 1 aromatic heterocycles. The molecular formula is C29H25ClF3N3O4. The van der Waals surface area contributed by atoms with Gasteiger partial charge in [0.05, 0.1) is 17.7 Å². The van der Waals surface area contributed by atoms with Crippen molar-refractivity contribution < 1.29 is 27.1 Å². The number of hydrogen-bond donors (Lipinski definition) is 0. The van der Waals surface area contributed by atoms with E-state index in [4.69, 9.17) is 20.8 Å². The van der Waals surface area contributed by atoms with E-state index >= 15 is 0 Å². The van der Waals surface area contributed by atoms with Gasteiger partial charge >= 0.3 is 17.9 Å². The fourth-order valence-electron chi connectivity index (χ4n) is 4.54. The largest absolute Gasteiger partial charge is 0.437 e. The minimum absolute atomic E-state index is 0.149. The highest BCUT2D eigenvalue weighted by atomic mass is 35.5. The molecule has 7 nitrogen and oxygen atoms in total. The van der Waals surface area contributed by atoms with Crippen molar-refractivity contribution in [2.75, 3.05) is 13.1 Å². The van der Waals surface area contributed by atoms with Gasteiger partial charge in [-0.05, 0) is 86.1 Å². The van der Waals surface area contributed by atoms with Crippen LogP contribution in [0.2, 0.25) is 5.02 Å². The smallest absolute Gasteiger partial charge is 0.423 e. The summed E-state index contributed by atoms with van der Waals surface area (Å²) in [5.41, 5.74) is 1.23. The normalized spacial score (nSPS) is 14.3. The number of carbonyl (C=O) groups is 1. The van der Waals surface area contributed by atoms with Gasteiger partial charge in [0.2, 0.25) is 5.89 Å². The Morgan fingerprint density at radius 3 is 2.33 bits per heavy atom. The maximum atomic E-state index is 12.9. The number of ether oxygens (including phenoxy) is 1. The Labute approximate surface area is 232 Å². The standard InChI is InChI=1S/C29H25ClF3N3O4/c30-24-12-13-25(39-27(37)21-6-4-19(5-7-21)17-35-14-2-1-3-15-35)22(16-24)18-36-28(38)40-26(34-36)20-8-10-23(11-9-20)29(31,32)33/h4-13,16H,1-3,14-15,17-18H2. The first-order valence-electron chi connectivity index (χ1n) is 12.7. The molecule has 0 spiro atoms. The lowest BCUT2D eigenvalue weighted by atomic mass is 10.1. The van der Waals surface area contributed by atoms with Gasteiger partial charge in [0, 0.05) is 22.7 Å². The molecule has 0 atom stereocenters. The average molecular weight is 572 g/mol. The van der Waals surface area contributed by atoms with E-state index in [0.717, 1.165) is 42.0 Å². The quantitative estimate of drug-likeness (QED) is 0.188. The number of esters is 1. The minimum atomic E-state index is -4.49. The van der Waals surface area contributed by atoms with E-state index in [1.54, 1.807) is 18.2 Å². The lowest BCUT2D eigenvalue weighted by Crippen LogP contribution is -2.29. The zero-order valence-corrected chi connectivity index (χ0v) is 22.0. The highest BCUT2D eigenvalue weighted by Gasteiger charge is 2.30. The molecule has 0 aliphatic carbocycles. The van der Waals surface area contributed by atoms with Gasteiger partial charge in [-0.3, -0.25) is 4.90 Å².